The maximum absolute atomic E-state index is 10.8. The zero-order valence-corrected chi connectivity index (χ0v) is 25.3. The first-order chi connectivity index (χ1) is 19.2. The van der Waals surface area contributed by atoms with Gasteiger partial charge in [-0.05, 0) is 12.1 Å². The minimum Gasteiger partial charge on any atom is -0.367 e. The average molecular weight is 656 g/mol. The van der Waals surface area contributed by atoms with Crippen LogP contribution in [-0.2, 0) is 29.3 Å². The van der Waals surface area contributed by atoms with E-state index in [-0.39, 0.29) is 36.6 Å². The molecule has 8 N–H and O–H groups in total. The highest BCUT2D eigenvalue weighted by molar-refractivity contribution is 7.90. The summed E-state index contributed by atoms with van der Waals surface area (Å²) >= 11 is 11.5. The number of nitrogens with one attached hydrogen (secondary N) is 2. The van der Waals surface area contributed by atoms with E-state index in [2.05, 4.69) is 31.1 Å². The van der Waals surface area contributed by atoms with Gasteiger partial charge < -0.3 is 17.3 Å². The van der Waals surface area contributed by atoms with Crippen LogP contribution in [0.1, 0.15) is 15.9 Å². The molecule has 0 aliphatic carbocycles. The number of hydrogen-bond acceptors (Lipinski definition) is 11. The van der Waals surface area contributed by atoms with Crippen molar-refractivity contribution in [1.29, 1.82) is 0 Å². The fourth-order valence-electron chi connectivity index (χ4n) is 1.99. The predicted molar refractivity (Wildman–Crippen MR) is 161 cm³/mol. The molecule has 0 bridgehead atoms. The summed E-state index contributed by atoms with van der Waals surface area (Å²) in [7, 11) is -6.08. The Morgan fingerprint density at radius 2 is 1.27 bits per heavy atom. The summed E-state index contributed by atoms with van der Waals surface area (Å²) in [6, 6.07) is 14.0. The number of hydrogen-bond donors (Lipinski definition) is 5. The summed E-state index contributed by atoms with van der Waals surface area (Å²) in [6.45, 7) is -0.0433. The fourth-order valence-corrected chi connectivity index (χ4v) is 3.12. The van der Waals surface area contributed by atoms with Crippen LogP contribution in [0.3, 0.4) is 0 Å². The maximum atomic E-state index is 10.8. The first-order valence-corrected chi connectivity index (χ1v) is 16.0. The molecule has 0 unspecified atom stereocenters. The largest absolute Gasteiger partial charge is 0.367 e. The van der Waals surface area contributed by atoms with E-state index in [1.807, 2.05) is 6.07 Å². The van der Waals surface area contributed by atoms with E-state index in [1.165, 1.54) is 6.21 Å². The van der Waals surface area contributed by atoms with Gasteiger partial charge in [-0.3, -0.25) is 14.5 Å². The summed E-state index contributed by atoms with van der Waals surface area (Å²) < 4.78 is 42.8. The highest BCUT2D eigenvalue weighted by atomic mass is 35.5. The van der Waals surface area contributed by atoms with Gasteiger partial charge in [0.15, 0.2) is 6.29 Å². The van der Waals surface area contributed by atoms with Crippen LogP contribution in [0.25, 0.3) is 0 Å². The molecule has 2 aromatic rings. The van der Waals surface area contributed by atoms with Crippen LogP contribution >= 0.6 is 23.2 Å². The molecular weight excluding hydrogens is 623 g/mol. The fraction of sp³-hybridized carbons (Fsp3) is 0.273. The van der Waals surface area contributed by atoms with E-state index in [1.54, 1.807) is 42.5 Å². The van der Waals surface area contributed by atoms with Crippen molar-refractivity contribution in [3.05, 3.63) is 69.7 Å². The van der Waals surface area contributed by atoms with Crippen molar-refractivity contribution in [2.75, 3.05) is 37.2 Å². The Morgan fingerprint density at radius 3 is 1.66 bits per heavy atom. The van der Waals surface area contributed by atoms with E-state index in [4.69, 9.17) is 45.3 Å². The van der Waals surface area contributed by atoms with E-state index in [0.717, 1.165) is 18.8 Å². The predicted octanol–water partition coefficient (Wildman–Crippen LogP) is 0.448. The first-order valence-electron chi connectivity index (χ1n) is 11.1. The number of aldehydes is 1. The van der Waals surface area contributed by atoms with Gasteiger partial charge in [0, 0.05) is 28.7 Å². The van der Waals surface area contributed by atoms with Crippen molar-refractivity contribution in [2.45, 2.75) is 0 Å². The average Bonchev–Trinajstić information content (AvgIpc) is 2.90. The Kier molecular flexibility index (Phi) is 18.7. The molecule has 0 aliphatic rings. The Morgan fingerprint density at radius 1 is 0.829 bits per heavy atom. The standard InChI is InChI=1S/C11H15ClN4O3S.C7H5ClO.C4H12N4O3S/c1-20(17,18)7-6-19-16-11(13)15-14-8-9-4-2-3-5-10(9)12;8-7-4-2-1-3-6(7)5-9;1-12(9,10)3-2-11-8-4(5)7-6/h2-5,8H,6-7H2,1H3,(H3,13,15,16);1-5H;2-3,6H2,1H3,(H3,5,7,8)/b14-8+;;. The number of benzene rings is 2. The summed E-state index contributed by atoms with van der Waals surface area (Å²) in [5.41, 5.74) is 16.2. The van der Waals surface area contributed by atoms with Gasteiger partial charge in [-0.2, -0.15) is 5.10 Å². The second-order valence-corrected chi connectivity index (χ2v) is 12.9. The van der Waals surface area contributed by atoms with Gasteiger partial charge in [0.25, 0.3) is 0 Å². The van der Waals surface area contributed by atoms with E-state index >= 15 is 0 Å². The van der Waals surface area contributed by atoms with Gasteiger partial charge in [-0.1, -0.05) is 59.6 Å². The third-order valence-electron chi connectivity index (χ3n) is 3.90. The van der Waals surface area contributed by atoms with Crippen molar-refractivity contribution in [3.8, 4) is 0 Å². The van der Waals surface area contributed by atoms with Crippen LogP contribution in [0.2, 0.25) is 10.0 Å². The van der Waals surface area contributed by atoms with E-state index in [0.29, 0.717) is 21.2 Å². The molecule has 0 heterocycles. The number of carbonyl (C=O) groups excluding carboxylic acids is 1. The zero-order chi connectivity index (χ0) is 31.3. The smallest absolute Gasteiger partial charge is 0.237 e. The second kappa shape index (κ2) is 20.4. The number of rotatable bonds is 11. The highest BCUT2D eigenvalue weighted by Gasteiger charge is 2.02. The molecule has 0 saturated carbocycles. The summed E-state index contributed by atoms with van der Waals surface area (Å²) in [6.07, 6.45) is 4.40. The summed E-state index contributed by atoms with van der Waals surface area (Å²) in [5.74, 6) is 4.34. The van der Waals surface area contributed by atoms with Gasteiger partial charge in [0.05, 0.1) is 36.0 Å². The zero-order valence-electron chi connectivity index (χ0n) is 22.1. The molecule has 2 aromatic carbocycles. The number of nitrogens with zero attached hydrogens (tertiary/aromatic N) is 3. The molecule has 41 heavy (non-hydrogen) atoms. The molecule has 0 aliphatic heterocycles. The number of nitrogens with two attached hydrogens (primary N) is 3. The molecule has 0 spiro atoms. The molecule has 0 aromatic heterocycles. The number of hydrazone groups is 1. The molecule has 0 atom stereocenters. The third kappa shape index (κ3) is 22.0. The minimum absolute atomic E-state index is 0.00491. The maximum Gasteiger partial charge on any atom is 0.237 e. The molecular formula is C22H32Cl2N8O7S2. The lowest BCUT2D eigenvalue weighted by Crippen LogP contribution is -2.33. The lowest BCUT2D eigenvalue weighted by atomic mass is 10.2. The molecule has 15 nitrogen and oxygen atoms in total. The Hall–Kier alpha value is -3.48. The third-order valence-corrected chi connectivity index (χ3v) is 6.41. The molecule has 0 fully saturated rings. The number of guanidine groups is 2. The lowest BCUT2D eigenvalue weighted by molar-refractivity contribution is 0.0971. The monoisotopic (exact) mass is 654 g/mol. The van der Waals surface area contributed by atoms with E-state index in [9.17, 15) is 21.6 Å². The van der Waals surface area contributed by atoms with Crippen LogP contribution in [0.15, 0.2) is 63.8 Å². The minimum atomic E-state index is -3.07. The Labute approximate surface area is 248 Å². The molecule has 0 amide bonds. The normalized spacial score (nSPS) is 12.0. The van der Waals surface area contributed by atoms with Crippen LogP contribution in [-0.4, -0.2) is 78.5 Å². The summed E-state index contributed by atoms with van der Waals surface area (Å²) in [5, 5.41) is 11.4. The van der Waals surface area contributed by atoms with Gasteiger partial charge in [0.2, 0.25) is 11.9 Å². The van der Waals surface area contributed by atoms with Crippen molar-refractivity contribution in [3.63, 3.8) is 0 Å². The van der Waals surface area contributed by atoms with Crippen molar-refractivity contribution in [2.24, 2.45) is 32.6 Å². The van der Waals surface area contributed by atoms with Crippen molar-refractivity contribution < 1.29 is 31.3 Å². The number of sulfone groups is 2. The van der Waals surface area contributed by atoms with Crippen LogP contribution in [0.4, 0.5) is 0 Å². The first kappa shape index (κ1) is 37.5. The second-order valence-electron chi connectivity index (χ2n) is 7.57. The van der Waals surface area contributed by atoms with Crippen molar-refractivity contribution in [1.82, 2.24) is 11.0 Å². The molecule has 2 rings (SSSR count). The number of carbonyl (C=O) groups is 1. The van der Waals surface area contributed by atoms with Gasteiger partial charge in [-0.25, -0.2) is 27.8 Å². The number of halogens is 2. The molecule has 0 radical (unpaired) electrons. The van der Waals surface area contributed by atoms with Gasteiger partial charge >= 0.3 is 0 Å². The van der Waals surface area contributed by atoms with Crippen molar-refractivity contribution >= 4 is 67.3 Å². The summed E-state index contributed by atoms with van der Waals surface area (Å²) in [4.78, 5) is 19.6. The SMILES string of the molecule is CS(=O)(=O)CCONC(N)=N/N=C/c1ccccc1Cl.CS(=O)(=O)CCONC(N)=NN.O=Cc1ccccc1Cl. The molecule has 19 heteroatoms. The molecule has 228 valence electrons. The van der Waals surface area contributed by atoms with Crippen LogP contribution in [0, 0.1) is 0 Å². The van der Waals surface area contributed by atoms with Gasteiger partial charge in [-0.15, -0.1) is 10.2 Å². The number of hydroxylamine groups is 2. The van der Waals surface area contributed by atoms with Gasteiger partial charge in [0.1, 0.15) is 19.7 Å². The van der Waals surface area contributed by atoms with E-state index < -0.39 is 19.7 Å². The molecule has 0 saturated heterocycles. The van der Waals surface area contributed by atoms with Crippen LogP contribution < -0.4 is 28.3 Å². The van der Waals surface area contributed by atoms with Crippen LogP contribution in [0.5, 0.6) is 0 Å². The quantitative estimate of drug-likeness (QED) is 0.0553. The Bertz CT molecular complexity index is 1390. The lowest BCUT2D eigenvalue weighted by Gasteiger charge is -2.03. The highest BCUT2D eigenvalue weighted by Crippen LogP contribution is 2.12. The Balaban J connectivity index is 0.000000645. The topological polar surface area (TPSA) is 243 Å².